The largest absolute Gasteiger partial charge is 0.353 e. The van der Waals surface area contributed by atoms with Crippen molar-refractivity contribution in [2.24, 2.45) is 17.6 Å². The van der Waals surface area contributed by atoms with E-state index in [9.17, 15) is 14.4 Å². The van der Waals surface area contributed by atoms with Crippen LogP contribution in [-0.2, 0) is 11.3 Å². The third-order valence-corrected chi connectivity index (χ3v) is 6.15. The first-order valence-corrected chi connectivity index (χ1v) is 9.79. The topological polar surface area (TPSA) is 110 Å². The van der Waals surface area contributed by atoms with Gasteiger partial charge in [-0.2, -0.15) is 0 Å². The number of benzene rings is 1. The Hall–Kier alpha value is -2.12. The van der Waals surface area contributed by atoms with E-state index in [1.807, 2.05) is 0 Å². The van der Waals surface area contributed by atoms with Crippen molar-refractivity contribution >= 4 is 29.1 Å². The van der Waals surface area contributed by atoms with E-state index in [1.54, 1.807) is 24.3 Å². The molecule has 0 aliphatic heterocycles. The molecular formula is C20H27ClN4O3. The van der Waals surface area contributed by atoms with Crippen LogP contribution in [0.3, 0.4) is 0 Å². The van der Waals surface area contributed by atoms with Crippen LogP contribution in [0.1, 0.15) is 38.5 Å². The molecule has 2 aliphatic rings. The Kier molecular flexibility index (Phi) is 6.25. The van der Waals surface area contributed by atoms with Gasteiger partial charge in [0, 0.05) is 18.5 Å². The summed E-state index contributed by atoms with van der Waals surface area (Å²) in [5.74, 6) is 0.840. The van der Waals surface area contributed by atoms with Gasteiger partial charge in [-0.25, -0.2) is 4.68 Å². The van der Waals surface area contributed by atoms with E-state index < -0.39 is 0 Å². The maximum atomic E-state index is 12.5. The summed E-state index contributed by atoms with van der Waals surface area (Å²) in [6.45, 7) is 0.159. The number of hydrogen-bond acceptors (Lipinski definition) is 4. The van der Waals surface area contributed by atoms with Gasteiger partial charge in [-0.15, -0.1) is 12.4 Å². The highest BCUT2D eigenvalue weighted by atomic mass is 35.5. The number of aromatic nitrogens is 2. The number of hydrogen-bond donors (Lipinski definition) is 3. The first-order chi connectivity index (χ1) is 13.0. The molecule has 1 heterocycles. The van der Waals surface area contributed by atoms with E-state index in [0.717, 1.165) is 25.7 Å². The first-order valence-electron chi connectivity index (χ1n) is 9.79. The normalized spacial score (nSPS) is 26.5. The van der Waals surface area contributed by atoms with E-state index in [1.165, 1.54) is 11.1 Å². The summed E-state index contributed by atoms with van der Waals surface area (Å²) in [6, 6.07) is 7.15. The van der Waals surface area contributed by atoms with Crippen LogP contribution in [0.4, 0.5) is 0 Å². The lowest BCUT2D eigenvalue weighted by Crippen LogP contribution is -2.53. The van der Waals surface area contributed by atoms with Crippen LogP contribution in [-0.4, -0.2) is 27.8 Å². The van der Waals surface area contributed by atoms with Gasteiger partial charge in [0.15, 0.2) is 0 Å². The Balaban J connectivity index is 0.00000225. The summed E-state index contributed by atoms with van der Waals surface area (Å²) < 4.78 is 1.24. The second-order valence-electron chi connectivity index (χ2n) is 7.97. The van der Waals surface area contributed by atoms with Crippen LogP contribution in [0.5, 0.6) is 0 Å². The third kappa shape index (κ3) is 4.00. The smallest absolute Gasteiger partial charge is 0.273 e. The van der Waals surface area contributed by atoms with Crippen molar-refractivity contribution in [3.05, 3.63) is 45.0 Å². The number of nitrogens with zero attached hydrogens (tertiary/aromatic N) is 1. The van der Waals surface area contributed by atoms with Crippen molar-refractivity contribution in [2.75, 3.05) is 0 Å². The van der Waals surface area contributed by atoms with E-state index in [0.29, 0.717) is 22.6 Å². The summed E-state index contributed by atoms with van der Waals surface area (Å²) in [7, 11) is 0. The average Bonchev–Trinajstić information content (AvgIpc) is 2.64. The van der Waals surface area contributed by atoms with Gasteiger partial charge in [0.25, 0.3) is 11.1 Å². The Morgan fingerprint density at radius 1 is 1.14 bits per heavy atom. The van der Waals surface area contributed by atoms with Gasteiger partial charge in [0.2, 0.25) is 5.91 Å². The molecule has 1 amide bonds. The molecule has 2 bridgehead atoms. The molecule has 0 saturated heterocycles. The first kappa shape index (κ1) is 20.6. The molecular weight excluding hydrogens is 380 g/mol. The zero-order chi connectivity index (χ0) is 19.0. The lowest BCUT2D eigenvalue weighted by Gasteiger charge is -2.45. The number of aryl methyl sites for hydroxylation is 1. The van der Waals surface area contributed by atoms with Crippen LogP contribution >= 0.6 is 12.4 Å². The van der Waals surface area contributed by atoms with Crippen molar-refractivity contribution in [2.45, 2.75) is 57.2 Å². The number of H-pyrrole nitrogens is 1. The number of rotatable bonds is 4. The Labute approximate surface area is 169 Å². The van der Waals surface area contributed by atoms with Gasteiger partial charge in [-0.1, -0.05) is 18.6 Å². The van der Waals surface area contributed by atoms with Crippen LogP contribution < -0.4 is 22.2 Å². The van der Waals surface area contributed by atoms with Crippen molar-refractivity contribution in [3.8, 4) is 0 Å². The molecule has 2 saturated carbocycles. The number of amides is 1. The molecule has 28 heavy (non-hydrogen) atoms. The number of aromatic amines is 1. The van der Waals surface area contributed by atoms with Crippen molar-refractivity contribution in [1.29, 1.82) is 0 Å². The number of halogens is 1. The van der Waals surface area contributed by atoms with Crippen LogP contribution in [0.25, 0.3) is 10.8 Å². The zero-order valence-corrected chi connectivity index (χ0v) is 16.5. The van der Waals surface area contributed by atoms with E-state index in [4.69, 9.17) is 5.73 Å². The van der Waals surface area contributed by atoms with E-state index in [-0.39, 0.29) is 54.5 Å². The monoisotopic (exact) mass is 406 g/mol. The van der Waals surface area contributed by atoms with Crippen LogP contribution in [0.15, 0.2) is 33.9 Å². The highest BCUT2D eigenvalue weighted by molar-refractivity contribution is 5.85. The minimum absolute atomic E-state index is 0. The molecule has 7 nitrogen and oxygen atoms in total. The zero-order valence-electron chi connectivity index (χ0n) is 15.7. The molecule has 0 radical (unpaired) electrons. The number of nitrogens with one attached hydrogen (secondary N) is 2. The molecule has 0 spiro atoms. The van der Waals surface area contributed by atoms with Gasteiger partial charge >= 0.3 is 0 Å². The lowest BCUT2D eigenvalue weighted by atomic mass is 9.67. The molecule has 1 aromatic carbocycles. The minimum atomic E-state index is -0.318. The quantitative estimate of drug-likeness (QED) is 0.714. The molecule has 8 heteroatoms. The average molecular weight is 407 g/mol. The maximum absolute atomic E-state index is 12.5. The lowest BCUT2D eigenvalue weighted by molar-refractivity contribution is -0.123. The number of carbonyl (C=O) groups is 1. The second-order valence-corrected chi connectivity index (χ2v) is 7.97. The molecule has 2 aliphatic carbocycles. The van der Waals surface area contributed by atoms with Gasteiger partial charge in [-0.3, -0.25) is 19.5 Å². The SMILES string of the molecule is Cl.NC1CC2CCCC(C1)C2NC(=O)CCn1[nH]c(=O)c2ccccc2c1=O. The molecule has 4 rings (SSSR count). The van der Waals surface area contributed by atoms with Crippen LogP contribution in [0.2, 0.25) is 0 Å². The van der Waals surface area contributed by atoms with Crippen molar-refractivity contribution < 1.29 is 4.79 Å². The number of nitrogens with two attached hydrogens (primary N) is 1. The fourth-order valence-electron chi connectivity index (χ4n) is 4.90. The predicted octanol–water partition coefficient (Wildman–Crippen LogP) is 1.52. The van der Waals surface area contributed by atoms with Crippen molar-refractivity contribution in [3.63, 3.8) is 0 Å². The van der Waals surface area contributed by atoms with Crippen molar-refractivity contribution in [1.82, 2.24) is 15.1 Å². The summed E-state index contributed by atoms with van der Waals surface area (Å²) >= 11 is 0. The Morgan fingerprint density at radius 2 is 1.79 bits per heavy atom. The minimum Gasteiger partial charge on any atom is -0.353 e. The van der Waals surface area contributed by atoms with Gasteiger partial charge in [0.1, 0.15) is 0 Å². The molecule has 1 aromatic heterocycles. The second kappa shape index (κ2) is 8.49. The predicted molar refractivity (Wildman–Crippen MR) is 111 cm³/mol. The highest BCUT2D eigenvalue weighted by Gasteiger charge is 2.39. The molecule has 2 atom stereocenters. The summed E-state index contributed by atoms with van der Waals surface area (Å²) in [5, 5.41) is 6.50. The molecule has 152 valence electrons. The van der Waals surface area contributed by atoms with Gasteiger partial charge in [-0.05, 0) is 49.7 Å². The Morgan fingerprint density at radius 3 is 2.46 bits per heavy atom. The molecule has 2 unspecified atom stereocenters. The van der Waals surface area contributed by atoms with E-state index >= 15 is 0 Å². The fourth-order valence-corrected chi connectivity index (χ4v) is 4.90. The molecule has 2 fully saturated rings. The summed E-state index contributed by atoms with van der Waals surface area (Å²) in [4.78, 5) is 37.2. The maximum Gasteiger partial charge on any atom is 0.273 e. The Bertz CT molecular complexity index is 956. The number of carbonyl (C=O) groups excluding carboxylic acids is 1. The highest BCUT2D eigenvalue weighted by Crippen LogP contribution is 2.39. The van der Waals surface area contributed by atoms with Gasteiger partial charge < -0.3 is 11.1 Å². The third-order valence-electron chi connectivity index (χ3n) is 6.15. The van der Waals surface area contributed by atoms with Gasteiger partial charge in [0.05, 0.1) is 17.3 Å². The summed E-state index contributed by atoms with van der Waals surface area (Å²) in [6.07, 6.45) is 5.55. The molecule has 4 N–H and O–H groups in total. The fraction of sp³-hybridized carbons (Fsp3) is 0.550. The molecule has 2 aromatic rings. The standard InChI is InChI=1S/C20H26N4O3.ClH/c21-14-10-12-4-3-5-13(11-14)18(12)22-17(25)8-9-24-20(27)16-7-2-1-6-15(16)19(26)23-24;/h1-2,6-7,12-14,18H,3-5,8-11,21H2,(H,22,25)(H,23,26);1H. The van der Waals surface area contributed by atoms with E-state index in [2.05, 4.69) is 10.4 Å². The number of fused-ring (bicyclic) bond motifs is 3. The summed E-state index contributed by atoms with van der Waals surface area (Å²) in [5.41, 5.74) is 5.55. The van der Waals surface area contributed by atoms with Crippen LogP contribution in [0, 0.1) is 11.8 Å².